The maximum absolute atomic E-state index is 5.72. The van der Waals surface area contributed by atoms with Crippen molar-refractivity contribution in [1.82, 2.24) is 10.2 Å². The molecule has 1 N–H and O–H groups in total. The summed E-state index contributed by atoms with van der Waals surface area (Å²) < 4.78 is 0. The van der Waals surface area contributed by atoms with Crippen LogP contribution in [0.2, 0.25) is 0 Å². The van der Waals surface area contributed by atoms with Crippen LogP contribution in [0.5, 0.6) is 0 Å². The van der Waals surface area contributed by atoms with Crippen molar-refractivity contribution < 1.29 is 0 Å². The third-order valence-corrected chi connectivity index (χ3v) is 2.75. The molecule has 4 heteroatoms. The molecule has 0 fully saturated rings. The molecule has 0 aliphatic carbocycles. The molecule has 0 atom stereocenters. The zero-order valence-electron chi connectivity index (χ0n) is 9.02. The smallest absolute Gasteiger partial charge is 0.0431 e. The molecule has 14 heavy (non-hydrogen) atoms. The summed E-state index contributed by atoms with van der Waals surface area (Å²) in [5, 5.41) is 3.89. The Morgan fingerprint density at radius 3 is 2.50 bits per heavy atom. The zero-order valence-corrected chi connectivity index (χ0v) is 10.5. The van der Waals surface area contributed by atoms with Gasteiger partial charge in [-0.15, -0.1) is 0 Å². The summed E-state index contributed by atoms with van der Waals surface area (Å²) in [5.74, 6) is 0. The minimum absolute atomic E-state index is 0.662. The lowest BCUT2D eigenvalue weighted by atomic mass is 10.3. The second-order valence-corrected chi connectivity index (χ2v) is 3.82. The van der Waals surface area contributed by atoms with Gasteiger partial charge in [-0.2, -0.15) is 0 Å². The van der Waals surface area contributed by atoms with E-state index in [1.54, 1.807) is 0 Å². The summed E-state index contributed by atoms with van der Waals surface area (Å²) in [6.45, 7) is 9.41. The summed E-state index contributed by atoms with van der Waals surface area (Å²) in [5.41, 5.74) is 1.40. The first kappa shape index (κ1) is 14.2. The Kier molecular flexibility index (Phi) is 9.95. The van der Waals surface area contributed by atoms with Crippen LogP contribution in [0.25, 0.3) is 0 Å². The minimum Gasteiger partial charge on any atom is -0.312 e. The zero-order chi connectivity index (χ0) is 10.8. The van der Waals surface area contributed by atoms with Crippen LogP contribution in [-0.4, -0.2) is 37.6 Å². The van der Waals surface area contributed by atoms with Gasteiger partial charge in [-0.05, 0) is 32.6 Å². The topological polar surface area (TPSA) is 15.3 Å². The quantitative estimate of drug-likeness (QED) is 0.655. The second kappa shape index (κ2) is 9.78. The van der Waals surface area contributed by atoms with Crippen LogP contribution >= 0.6 is 23.2 Å². The van der Waals surface area contributed by atoms with Crippen molar-refractivity contribution in [2.45, 2.75) is 20.3 Å². The summed E-state index contributed by atoms with van der Waals surface area (Å²) >= 11 is 11.1. The van der Waals surface area contributed by atoms with Crippen molar-refractivity contribution in [1.29, 1.82) is 0 Å². The van der Waals surface area contributed by atoms with Crippen LogP contribution in [0, 0.1) is 0 Å². The normalized spacial score (nSPS) is 12.5. The van der Waals surface area contributed by atoms with E-state index in [1.807, 2.05) is 0 Å². The Bertz CT molecular complexity index is 156. The SMILES string of the molecule is CCN(CC)CCCNCC(Cl)=CCl. The van der Waals surface area contributed by atoms with Crippen molar-refractivity contribution in [3.63, 3.8) is 0 Å². The first-order chi connectivity index (χ1) is 6.74. The molecule has 0 unspecified atom stereocenters. The van der Waals surface area contributed by atoms with Crippen LogP contribution in [0.3, 0.4) is 0 Å². The molecule has 0 radical (unpaired) electrons. The highest BCUT2D eigenvalue weighted by Gasteiger charge is 1.97. The predicted octanol–water partition coefficient (Wildman–Crippen LogP) is 2.63. The number of hydrogen-bond donors (Lipinski definition) is 1. The standard InChI is InChI=1S/C10H20Cl2N2/c1-3-14(4-2)7-5-6-13-9-10(12)8-11/h8,13H,3-7,9H2,1-2H3. The van der Waals surface area contributed by atoms with Crippen molar-refractivity contribution >= 4 is 23.2 Å². The first-order valence-electron chi connectivity index (χ1n) is 5.12. The van der Waals surface area contributed by atoms with Gasteiger partial charge in [-0.3, -0.25) is 0 Å². The predicted molar refractivity (Wildman–Crippen MR) is 65.1 cm³/mol. The van der Waals surface area contributed by atoms with E-state index in [-0.39, 0.29) is 0 Å². The number of nitrogens with one attached hydrogen (secondary N) is 1. The molecule has 0 aromatic carbocycles. The third-order valence-electron chi connectivity index (χ3n) is 2.13. The van der Waals surface area contributed by atoms with E-state index in [0.717, 1.165) is 32.6 Å². The van der Waals surface area contributed by atoms with Gasteiger partial charge >= 0.3 is 0 Å². The van der Waals surface area contributed by atoms with Crippen molar-refractivity contribution in [2.75, 3.05) is 32.7 Å². The summed E-state index contributed by atoms with van der Waals surface area (Å²) in [6, 6.07) is 0. The van der Waals surface area contributed by atoms with Crippen molar-refractivity contribution in [2.24, 2.45) is 0 Å². The molecule has 2 nitrogen and oxygen atoms in total. The Labute approximate surface area is 97.3 Å². The lowest BCUT2D eigenvalue weighted by molar-refractivity contribution is 0.298. The van der Waals surface area contributed by atoms with E-state index in [2.05, 4.69) is 24.1 Å². The van der Waals surface area contributed by atoms with E-state index in [0.29, 0.717) is 11.6 Å². The first-order valence-corrected chi connectivity index (χ1v) is 5.93. The molecular weight excluding hydrogens is 219 g/mol. The minimum atomic E-state index is 0.662. The lowest BCUT2D eigenvalue weighted by Gasteiger charge is -2.17. The monoisotopic (exact) mass is 238 g/mol. The molecule has 0 saturated heterocycles. The van der Waals surface area contributed by atoms with E-state index in [9.17, 15) is 0 Å². The summed E-state index contributed by atoms with van der Waals surface area (Å²) in [6.07, 6.45) is 1.15. The highest BCUT2D eigenvalue weighted by atomic mass is 35.5. The van der Waals surface area contributed by atoms with Gasteiger partial charge in [0.25, 0.3) is 0 Å². The molecule has 0 aliphatic rings. The molecule has 0 heterocycles. The van der Waals surface area contributed by atoms with Gasteiger partial charge < -0.3 is 10.2 Å². The van der Waals surface area contributed by atoms with Crippen LogP contribution in [0.15, 0.2) is 10.6 Å². The van der Waals surface area contributed by atoms with E-state index < -0.39 is 0 Å². The van der Waals surface area contributed by atoms with Gasteiger partial charge in [0.2, 0.25) is 0 Å². The van der Waals surface area contributed by atoms with Crippen molar-refractivity contribution in [3.05, 3.63) is 10.6 Å². The fourth-order valence-electron chi connectivity index (χ4n) is 1.21. The third kappa shape index (κ3) is 7.63. The highest BCUT2D eigenvalue weighted by Crippen LogP contribution is 2.00. The number of hydrogen-bond acceptors (Lipinski definition) is 2. The molecular formula is C10H20Cl2N2. The maximum Gasteiger partial charge on any atom is 0.0431 e. The number of rotatable bonds is 8. The summed E-state index contributed by atoms with van der Waals surface area (Å²) in [7, 11) is 0. The average Bonchev–Trinajstić information content (AvgIpc) is 2.23. The van der Waals surface area contributed by atoms with E-state index in [4.69, 9.17) is 23.2 Å². The highest BCUT2D eigenvalue weighted by molar-refractivity contribution is 6.36. The fourth-order valence-corrected chi connectivity index (χ4v) is 1.39. The van der Waals surface area contributed by atoms with E-state index >= 15 is 0 Å². The Morgan fingerprint density at radius 1 is 1.36 bits per heavy atom. The largest absolute Gasteiger partial charge is 0.312 e. The van der Waals surface area contributed by atoms with Crippen LogP contribution in [0.1, 0.15) is 20.3 Å². The number of nitrogens with zero attached hydrogens (tertiary/aromatic N) is 1. The van der Waals surface area contributed by atoms with Gasteiger partial charge in [0, 0.05) is 17.1 Å². The summed E-state index contributed by atoms with van der Waals surface area (Å²) in [4.78, 5) is 2.40. The van der Waals surface area contributed by atoms with Crippen LogP contribution in [0.4, 0.5) is 0 Å². The van der Waals surface area contributed by atoms with Crippen LogP contribution < -0.4 is 5.32 Å². The molecule has 84 valence electrons. The molecule has 0 aromatic rings. The van der Waals surface area contributed by atoms with E-state index in [1.165, 1.54) is 5.54 Å². The second-order valence-electron chi connectivity index (χ2n) is 3.11. The molecule has 0 aromatic heterocycles. The van der Waals surface area contributed by atoms with Gasteiger partial charge in [0.05, 0.1) is 0 Å². The fraction of sp³-hybridized carbons (Fsp3) is 0.800. The van der Waals surface area contributed by atoms with Gasteiger partial charge in [-0.25, -0.2) is 0 Å². The van der Waals surface area contributed by atoms with Gasteiger partial charge in [0.15, 0.2) is 0 Å². The average molecular weight is 239 g/mol. The molecule has 0 rings (SSSR count). The Balaban J connectivity index is 3.29. The molecule has 0 spiro atoms. The molecule has 0 amide bonds. The molecule has 0 bridgehead atoms. The van der Waals surface area contributed by atoms with Gasteiger partial charge in [-0.1, -0.05) is 37.0 Å². The Morgan fingerprint density at radius 2 is 2.00 bits per heavy atom. The Hall–Kier alpha value is 0.240. The maximum atomic E-state index is 5.72. The van der Waals surface area contributed by atoms with Crippen LogP contribution in [-0.2, 0) is 0 Å². The van der Waals surface area contributed by atoms with Gasteiger partial charge in [0.1, 0.15) is 0 Å². The molecule has 0 saturated carbocycles. The lowest BCUT2D eigenvalue weighted by Crippen LogP contribution is -2.27. The molecule has 0 aliphatic heterocycles. The number of halogens is 2. The van der Waals surface area contributed by atoms with Crippen molar-refractivity contribution in [3.8, 4) is 0 Å².